The minimum atomic E-state index is -1.17. The molecular formula is C25H29ClN12O3. The number of fused-ring (bicyclic) bond motifs is 1. The van der Waals surface area contributed by atoms with E-state index >= 15 is 0 Å². The quantitative estimate of drug-likeness (QED) is 0.244. The van der Waals surface area contributed by atoms with Crippen LogP contribution in [0.5, 0.6) is 0 Å². The van der Waals surface area contributed by atoms with Crippen LogP contribution in [-0.4, -0.2) is 86.4 Å². The number of carboxylic acid groups (broad SMARTS) is 1. The van der Waals surface area contributed by atoms with E-state index in [1.807, 2.05) is 17.9 Å². The van der Waals surface area contributed by atoms with Crippen LogP contribution in [0.3, 0.4) is 0 Å². The van der Waals surface area contributed by atoms with Crippen molar-refractivity contribution >= 4 is 52.4 Å². The number of carbonyl (C=O) groups excluding carboxylic acids is 1. The zero-order chi connectivity index (χ0) is 29.8. The number of nitrogens with one attached hydrogen (secondary N) is 3. The lowest BCUT2D eigenvalue weighted by molar-refractivity contribution is -0.123. The number of nitrogens with two attached hydrogens (primary N) is 1. The Morgan fingerprint density at radius 3 is 2.73 bits per heavy atom. The molecule has 1 saturated heterocycles. The molecule has 2 aromatic heterocycles. The van der Waals surface area contributed by atoms with Crippen LogP contribution in [0, 0.1) is 22.7 Å². The summed E-state index contributed by atoms with van der Waals surface area (Å²) in [6, 6.07) is 5.82. The Balaban J connectivity index is 1.72. The summed E-state index contributed by atoms with van der Waals surface area (Å²) in [5.74, 6) is -0.0223. The molecule has 1 aliphatic rings. The normalized spacial score (nSPS) is 17.5. The number of benzene rings is 1. The van der Waals surface area contributed by atoms with Crippen LogP contribution in [0.15, 0.2) is 18.3 Å². The topological polar surface area (TPSA) is 214 Å². The molecule has 16 heteroatoms. The third-order valence-electron chi connectivity index (χ3n) is 7.03. The number of nitrogens with zero attached hydrogens (tertiary/aromatic N) is 8. The maximum atomic E-state index is 11.9. The molecule has 6 N–H and O–H groups in total. The van der Waals surface area contributed by atoms with Gasteiger partial charge in [-0.25, -0.2) is 9.78 Å². The first-order valence-corrected chi connectivity index (χ1v) is 13.1. The highest BCUT2D eigenvalue weighted by molar-refractivity contribution is 6.36. The van der Waals surface area contributed by atoms with Crippen molar-refractivity contribution in [3.63, 3.8) is 0 Å². The third kappa shape index (κ3) is 6.01. The lowest BCUT2D eigenvalue weighted by Crippen LogP contribution is -2.62. The van der Waals surface area contributed by atoms with E-state index < -0.39 is 30.1 Å². The van der Waals surface area contributed by atoms with Crippen LogP contribution in [0.2, 0.25) is 5.02 Å². The second-order valence-corrected chi connectivity index (χ2v) is 9.88. The first-order chi connectivity index (χ1) is 19.6. The Morgan fingerprint density at radius 2 is 2.10 bits per heavy atom. The molecule has 1 fully saturated rings. The molecule has 3 aromatic rings. The number of imidazole rings is 1. The maximum Gasteiger partial charge on any atom is 0.404 e. The molecular weight excluding hydrogens is 552 g/mol. The minimum absolute atomic E-state index is 0.114. The molecule has 3 heterocycles. The predicted octanol–water partition coefficient (Wildman–Crippen LogP) is 1.72. The first kappa shape index (κ1) is 29.1. The van der Waals surface area contributed by atoms with Crippen molar-refractivity contribution in [3.05, 3.63) is 34.6 Å². The van der Waals surface area contributed by atoms with Gasteiger partial charge in [0.2, 0.25) is 11.9 Å². The first-order valence-electron chi connectivity index (χ1n) is 12.7. The van der Waals surface area contributed by atoms with Gasteiger partial charge in [0.05, 0.1) is 46.3 Å². The number of nitriles is 2. The van der Waals surface area contributed by atoms with Crippen LogP contribution in [-0.2, 0) is 4.79 Å². The zero-order valence-electron chi connectivity index (χ0n) is 22.6. The fourth-order valence-electron chi connectivity index (χ4n) is 4.79. The fourth-order valence-corrected chi connectivity index (χ4v) is 5.07. The van der Waals surface area contributed by atoms with Gasteiger partial charge in [0.15, 0.2) is 17.2 Å². The summed E-state index contributed by atoms with van der Waals surface area (Å²) in [5.41, 5.74) is 7.30. The van der Waals surface area contributed by atoms with Gasteiger partial charge in [-0.05, 0) is 39.4 Å². The molecule has 0 unspecified atom stereocenters. The number of piperidine rings is 1. The van der Waals surface area contributed by atoms with E-state index in [-0.39, 0.29) is 16.7 Å². The lowest BCUT2D eigenvalue weighted by Gasteiger charge is -2.45. The van der Waals surface area contributed by atoms with E-state index in [2.05, 4.69) is 37.1 Å². The van der Waals surface area contributed by atoms with Crippen molar-refractivity contribution in [2.75, 3.05) is 42.2 Å². The van der Waals surface area contributed by atoms with Gasteiger partial charge in [-0.2, -0.15) is 20.0 Å². The third-order valence-corrected chi connectivity index (χ3v) is 7.42. The smallest absolute Gasteiger partial charge is 0.404 e. The fraction of sp³-hybridized carbons (Fsp3) is 0.400. The average Bonchev–Trinajstić information content (AvgIpc) is 3.36. The van der Waals surface area contributed by atoms with E-state index in [1.165, 1.54) is 10.7 Å². The number of anilines is 4. The monoisotopic (exact) mass is 580 g/mol. The highest BCUT2D eigenvalue weighted by Gasteiger charge is 2.37. The van der Waals surface area contributed by atoms with Crippen LogP contribution in [0.4, 0.5) is 27.9 Å². The molecule has 0 saturated carbocycles. The summed E-state index contributed by atoms with van der Waals surface area (Å²) in [5, 5.41) is 42.0. The van der Waals surface area contributed by atoms with E-state index in [0.29, 0.717) is 54.5 Å². The minimum Gasteiger partial charge on any atom is -0.465 e. The number of aromatic nitrogens is 4. The molecule has 0 radical (unpaired) electrons. The molecule has 0 bridgehead atoms. The summed E-state index contributed by atoms with van der Waals surface area (Å²) in [6.07, 6.45) is 0.633. The van der Waals surface area contributed by atoms with E-state index in [0.717, 1.165) is 0 Å². The summed E-state index contributed by atoms with van der Waals surface area (Å²) in [6.45, 7) is 4.80. The molecule has 2 amide bonds. The molecule has 0 aliphatic carbocycles. The number of hydrogen-bond donors (Lipinski definition) is 5. The average molecular weight is 581 g/mol. The van der Waals surface area contributed by atoms with Crippen molar-refractivity contribution in [3.8, 4) is 12.1 Å². The molecule has 3 atom stereocenters. The highest BCUT2D eigenvalue weighted by atomic mass is 35.5. The van der Waals surface area contributed by atoms with Gasteiger partial charge < -0.3 is 31.7 Å². The summed E-state index contributed by atoms with van der Waals surface area (Å²) in [7, 11) is 1.71. The summed E-state index contributed by atoms with van der Waals surface area (Å²) >= 11 is 6.88. The Hall–Kier alpha value is -4.86. The molecule has 1 aromatic carbocycles. The largest absolute Gasteiger partial charge is 0.465 e. The van der Waals surface area contributed by atoms with Gasteiger partial charge in [-0.1, -0.05) is 11.6 Å². The number of carbonyl (C=O) groups is 2. The Bertz CT molecular complexity index is 1560. The molecule has 15 nitrogen and oxygen atoms in total. The Labute approximate surface area is 240 Å². The van der Waals surface area contributed by atoms with Gasteiger partial charge >= 0.3 is 6.09 Å². The summed E-state index contributed by atoms with van der Waals surface area (Å²) < 4.78 is 1.36. The second-order valence-electron chi connectivity index (χ2n) is 9.50. The highest BCUT2D eigenvalue weighted by Crippen LogP contribution is 2.37. The maximum absolute atomic E-state index is 11.9. The van der Waals surface area contributed by atoms with Gasteiger partial charge in [0.1, 0.15) is 6.07 Å². The van der Waals surface area contributed by atoms with Crippen molar-refractivity contribution < 1.29 is 14.7 Å². The van der Waals surface area contributed by atoms with Crippen LogP contribution < -0.4 is 26.6 Å². The van der Waals surface area contributed by atoms with Crippen molar-refractivity contribution in [2.45, 2.75) is 38.4 Å². The Kier molecular flexibility index (Phi) is 8.61. The van der Waals surface area contributed by atoms with Crippen LogP contribution in [0.1, 0.15) is 31.5 Å². The van der Waals surface area contributed by atoms with Gasteiger partial charge in [-0.15, -0.1) is 5.10 Å². The van der Waals surface area contributed by atoms with Gasteiger partial charge in [0, 0.05) is 25.7 Å². The Morgan fingerprint density at radius 1 is 1.34 bits per heavy atom. The van der Waals surface area contributed by atoms with Gasteiger partial charge in [-0.3, -0.25) is 9.69 Å². The number of rotatable bonds is 9. The molecule has 1 aliphatic heterocycles. The number of likely N-dealkylation sites (N-methyl/N-ethyl adjacent to an activating group) is 1. The van der Waals surface area contributed by atoms with Crippen molar-refractivity contribution in [2.24, 2.45) is 5.73 Å². The number of hydrogen-bond acceptors (Lipinski definition) is 11. The van der Waals surface area contributed by atoms with Crippen LogP contribution >= 0.6 is 11.6 Å². The number of halogens is 1. The number of primary amides is 1. The van der Waals surface area contributed by atoms with Crippen molar-refractivity contribution in [1.29, 1.82) is 10.5 Å². The summed E-state index contributed by atoms with van der Waals surface area (Å²) in [4.78, 5) is 35.8. The SMILES string of the molecule is CCNc1nc(Nc2cc(C#N)cc(N3CC[C@@H](NC(=O)O)[C@H](N(C)[C@@H](C)C(N)=O)C3)c2Cl)nn2c(C#N)cnc12. The van der Waals surface area contributed by atoms with Crippen LogP contribution in [0.25, 0.3) is 5.65 Å². The predicted molar refractivity (Wildman–Crippen MR) is 151 cm³/mol. The second kappa shape index (κ2) is 12.1. The van der Waals surface area contributed by atoms with Gasteiger partial charge in [0.25, 0.3) is 0 Å². The van der Waals surface area contributed by atoms with E-state index in [9.17, 15) is 25.2 Å². The van der Waals surface area contributed by atoms with Crippen molar-refractivity contribution in [1.82, 2.24) is 29.8 Å². The molecule has 4 rings (SSSR count). The molecule has 41 heavy (non-hydrogen) atoms. The van der Waals surface area contributed by atoms with E-state index in [4.69, 9.17) is 17.3 Å². The number of amides is 2. The molecule has 0 spiro atoms. The van der Waals surface area contributed by atoms with E-state index in [1.54, 1.807) is 31.0 Å². The zero-order valence-corrected chi connectivity index (χ0v) is 23.3. The molecule has 214 valence electrons. The standard InChI is InChI=1S/C25H29ClN12O3/c1-4-30-22-23-31-11-15(10-28)38(23)35-24(34-22)32-17-7-14(9-27)8-18(20(17)26)37-6-5-16(33-25(40)41)19(12-37)36(3)13(2)21(29)39/h7-8,11,13,16,19,33H,4-6,12H2,1-3H3,(H2,29,39)(H,40,41)(H2,30,32,34,35)/t13-,16+,19+/m0/s1. The lowest BCUT2D eigenvalue weighted by atomic mass is 9.96.